The standard InChI is InChI=1S/C19H21N5O/c1-13-11-14(2)24(22-13)17-6-3-15(4-7-17)19(25)21-16-5-8-18-20-9-10-23(18)12-16/h3-4,6-7,9-11,16H,5,8,12H2,1-2H3,(H,21,25)/t16-/m0/s1. The van der Waals surface area contributed by atoms with Crippen molar-refractivity contribution in [3.8, 4) is 5.69 Å². The average Bonchev–Trinajstić information content (AvgIpc) is 3.20. The number of nitrogens with one attached hydrogen (secondary N) is 1. The van der Waals surface area contributed by atoms with Crippen LogP contribution in [0.15, 0.2) is 42.7 Å². The molecule has 1 atom stereocenters. The van der Waals surface area contributed by atoms with Gasteiger partial charge in [0.2, 0.25) is 0 Å². The molecule has 4 rings (SSSR count). The van der Waals surface area contributed by atoms with Gasteiger partial charge in [0, 0.05) is 42.7 Å². The highest BCUT2D eigenvalue weighted by Crippen LogP contribution is 2.15. The first-order valence-electron chi connectivity index (χ1n) is 8.55. The lowest BCUT2D eigenvalue weighted by atomic mass is 10.1. The maximum Gasteiger partial charge on any atom is 0.251 e. The molecule has 3 aromatic rings. The molecule has 0 spiro atoms. The zero-order chi connectivity index (χ0) is 17.4. The van der Waals surface area contributed by atoms with Gasteiger partial charge < -0.3 is 9.88 Å². The summed E-state index contributed by atoms with van der Waals surface area (Å²) in [6, 6.07) is 9.75. The number of carbonyl (C=O) groups is 1. The lowest BCUT2D eigenvalue weighted by Crippen LogP contribution is -2.40. The zero-order valence-corrected chi connectivity index (χ0v) is 14.4. The Morgan fingerprint density at radius 2 is 2.04 bits per heavy atom. The molecule has 0 unspecified atom stereocenters. The van der Waals surface area contributed by atoms with Crippen molar-refractivity contribution in [1.29, 1.82) is 0 Å². The molecule has 6 heteroatoms. The average molecular weight is 335 g/mol. The summed E-state index contributed by atoms with van der Waals surface area (Å²) < 4.78 is 4.00. The normalized spacial score (nSPS) is 16.5. The van der Waals surface area contributed by atoms with Gasteiger partial charge in [0.05, 0.1) is 11.4 Å². The van der Waals surface area contributed by atoms with Crippen LogP contribution in [0.3, 0.4) is 0 Å². The van der Waals surface area contributed by atoms with E-state index < -0.39 is 0 Å². The quantitative estimate of drug-likeness (QED) is 0.799. The molecule has 0 aliphatic carbocycles. The number of nitrogens with zero attached hydrogens (tertiary/aromatic N) is 4. The Hall–Kier alpha value is -2.89. The summed E-state index contributed by atoms with van der Waals surface area (Å²) in [5, 5.41) is 7.60. The van der Waals surface area contributed by atoms with Gasteiger partial charge in [-0.25, -0.2) is 9.67 Å². The third-order valence-electron chi connectivity index (χ3n) is 4.65. The van der Waals surface area contributed by atoms with Crippen molar-refractivity contribution in [2.24, 2.45) is 0 Å². The number of benzene rings is 1. The number of rotatable bonds is 3. The van der Waals surface area contributed by atoms with Crippen LogP contribution in [0.25, 0.3) is 5.69 Å². The van der Waals surface area contributed by atoms with Crippen LogP contribution in [0.4, 0.5) is 0 Å². The highest BCUT2D eigenvalue weighted by molar-refractivity contribution is 5.94. The van der Waals surface area contributed by atoms with Gasteiger partial charge >= 0.3 is 0 Å². The third kappa shape index (κ3) is 3.07. The smallest absolute Gasteiger partial charge is 0.251 e. The lowest BCUT2D eigenvalue weighted by Gasteiger charge is -2.24. The second-order valence-electron chi connectivity index (χ2n) is 6.59. The molecular formula is C19H21N5O. The molecule has 1 amide bonds. The summed E-state index contributed by atoms with van der Waals surface area (Å²) in [5.74, 6) is 1.06. The number of aromatic nitrogens is 4. The van der Waals surface area contributed by atoms with Crippen LogP contribution in [0, 0.1) is 13.8 Å². The van der Waals surface area contributed by atoms with E-state index in [4.69, 9.17) is 0 Å². The van der Waals surface area contributed by atoms with Gasteiger partial charge in [0.15, 0.2) is 0 Å². The SMILES string of the molecule is Cc1cc(C)n(-c2ccc(C(=O)N[C@H]3CCc4nccn4C3)cc2)n1. The monoisotopic (exact) mass is 335 g/mol. The van der Waals surface area contributed by atoms with Crippen molar-refractivity contribution in [1.82, 2.24) is 24.6 Å². The minimum Gasteiger partial charge on any atom is -0.347 e. The Morgan fingerprint density at radius 3 is 2.76 bits per heavy atom. The van der Waals surface area contributed by atoms with Crippen LogP contribution in [0.5, 0.6) is 0 Å². The zero-order valence-electron chi connectivity index (χ0n) is 14.4. The van der Waals surface area contributed by atoms with Crippen LogP contribution in [0.2, 0.25) is 0 Å². The number of carbonyl (C=O) groups excluding carboxylic acids is 1. The van der Waals surface area contributed by atoms with E-state index in [2.05, 4.69) is 20.0 Å². The molecule has 25 heavy (non-hydrogen) atoms. The first-order valence-corrected chi connectivity index (χ1v) is 8.55. The molecule has 1 aromatic carbocycles. The van der Waals surface area contributed by atoms with E-state index >= 15 is 0 Å². The van der Waals surface area contributed by atoms with Crippen molar-refractivity contribution in [3.63, 3.8) is 0 Å². The summed E-state index contributed by atoms with van der Waals surface area (Å²) in [6.07, 6.45) is 5.61. The van der Waals surface area contributed by atoms with Crippen LogP contribution >= 0.6 is 0 Å². The molecule has 6 nitrogen and oxygen atoms in total. The largest absolute Gasteiger partial charge is 0.347 e. The summed E-state index contributed by atoms with van der Waals surface area (Å²) >= 11 is 0. The molecule has 0 saturated heterocycles. The Labute approximate surface area is 146 Å². The molecular weight excluding hydrogens is 314 g/mol. The van der Waals surface area contributed by atoms with Crippen LogP contribution in [-0.2, 0) is 13.0 Å². The summed E-state index contributed by atoms with van der Waals surface area (Å²) in [6.45, 7) is 4.78. The molecule has 1 aliphatic heterocycles. The maximum atomic E-state index is 12.5. The van der Waals surface area contributed by atoms with Gasteiger partial charge in [-0.1, -0.05) is 0 Å². The molecule has 0 saturated carbocycles. The topological polar surface area (TPSA) is 64.7 Å². The Morgan fingerprint density at radius 1 is 1.24 bits per heavy atom. The Balaban J connectivity index is 1.45. The fourth-order valence-corrected chi connectivity index (χ4v) is 3.40. The van der Waals surface area contributed by atoms with Crippen molar-refractivity contribution in [3.05, 3.63) is 65.5 Å². The fraction of sp³-hybridized carbons (Fsp3) is 0.316. The van der Waals surface area contributed by atoms with Gasteiger partial charge in [-0.3, -0.25) is 4.79 Å². The van der Waals surface area contributed by atoms with Crippen molar-refractivity contribution in [2.45, 2.75) is 39.3 Å². The molecule has 3 heterocycles. The van der Waals surface area contributed by atoms with E-state index in [1.54, 1.807) is 0 Å². The summed E-state index contributed by atoms with van der Waals surface area (Å²) in [4.78, 5) is 16.8. The number of fused-ring (bicyclic) bond motifs is 1. The van der Waals surface area contributed by atoms with E-state index in [9.17, 15) is 4.79 Å². The second kappa shape index (κ2) is 6.20. The molecule has 1 N–H and O–H groups in total. The summed E-state index contributed by atoms with van der Waals surface area (Å²) in [5.41, 5.74) is 3.69. The maximum absolute atomic E-state index is 12.5. The predicted molar refractivity (Wildman–Crippen MR) is 94.8 cm³/mol. The second-order valence-corrected chi connectivity index (χ2v) is 6.59. The van der Waals surface area contributed by atoms with E-state index in [-0.39, 0.29) is 11.9 Å². The van der Waals surface area contributed by atoms with E-state index in [1.807, 2.05) is 61.3 Å². The minimum absolute atomic E-state index is 0.0338. The van der Waals surface area contributed by atoms with Gasteiger partial charge in [0.1, 0.15) is 5.82 Å². The van der Waals surface area contributed by atoms with Crippen LogP contribution in [0.1, 0.15) is 34.0 Å². The van der Waals surface area contributed by atoms with Crippen LogP contribution < -0.4 is 5.32 Å². The van der Waals surface area contributed by atoms with Crippen molar-refractivity contribution >= 4 is 5.91 Å². The number of aryl methyl sites for hydroxylation is 3. The highest BCUT2D eigenvalue weighted by atomic mass is 16.1. The van der Waals surface area contributed by atoms with Crippen molar-refractivity contribution < 1.29 is 4.79 Å². The third-order valence-corrected chi connectivity index (χ3v) is 4.65. The molecule has 0 radical (unpaired) electrons. The van der Waals surface area contributed by atoms with Gasteiger partial charge in [0.25, 0.3) is 5.91 Å². The molecule has 2 aromatic heterocycles. The van der Waals surface area contributed by atoms with Crippen molar-refractivity contribution in [2.75, 3.05) is 0 Å². The Bertz CT molecular complexity index is 906. The van der Waals surface area contributed by atoms with E-state index in [1.165, 1.54) is 0 Å². The van der Waals surface area contributed by atoms with Crippen LogP contribution in [-0.4, -0.2) is 31.3 Å². The molecule has 0 fully saturated rings. The predicted octanol–water partition coefficient (Wildman–Crippen LogP) is 2.43. The molecule has 128 valence electrons. The first kappa shape index (κ1) is 15.6. The van der Waals surface area contributed by atoms with Gasteiger partial charge in [-0.2, -0.15) is 5.10 Å². The minimum atomic E-state index is -0.0338. The number of hydrogen-bond donors (Lipinski definition) is 1. The Kier molecular flexibility index (Phi) is 3.87. The molecule has 0 bridgehead atoms. The first-order chi connectivity index (χ1) is 12.1. The van der Waals surface area contributed by atoms with E-state index in [0.717, 1.165) is 42.3 Å². The van der Waals surface area contributed by atoms with Gasteiger partial charge in [-0.05, 0) is 50.6 Å². The van der Waals surface area contributed by atoms with E-state index in [0.29, 0.717) is 5.56 Å². The lowest BCUT2D eigenvalue weighted by molar-refractivity contribution is 0.0927. The number of amides is 1. The summed E-state index contributed by atoms with van der Waals surface area (Å²) in [7, 11) is 0. The number of imidazole rings is 1. The van der Waals surface area contributed by atoms with Gasteiger partial charge in [-0.15, -0.1) is 0 Å². The number of hydrogen-bond acceptors (Lipinski definition) is 3. The highest BCUT2D eigenvalue weighted by Gasteiger charge is 2.20. The fourth-order valence-electron chi connectivity index (χ4n) is 3.40. The molecule has 1 aliphatic rings.